The standard InChI is InChI=1S/C14H15BrN2O2S.ClH/c15-12-3-1-11-8-14(4-2-10(11)7-12)20(18,19)17-13-5-6-16-9-13;/h1-4,7-8,13,16-17H,5-6,9H2;1H. The molecule has 0 radical (unpaired) electrons. The zero-order valence-corrected chi connectivity index (χ0v) is 14.4. The van der Waals surface area contributed by atoms with E-state index in [1.807, 2.05) is 24.3 Å². The van der Waals surface area contributed by atoms with Crippen LogP contribution in [0.3, 0.4) is 0 Å². The summed E-state index contributed by atoms with van der Waals surface area (Å²) >= 11 is 3.41. The Kier molecular flexibility index (Phi) is 5.27. The first-order chi connectivity index (χ1) is 9.54. The molecule has 0 amide bonds. The molecule has 0 aromatic heterocycles. The molecule has 1 heterocycles. The van der Waals surface area contributed by atoms with Crippen LogP contribution >= 0.6 is 28.3 Å². The van der Waals surface area contributed by atoms with Gasteiger partial charge in [0, 0.05) is 17.1 Å². The minimum Gasteiger partial charge on any atom is -0.315 e. The number of sulfonamides is 1. The van der Waals surface area contributed by atoms with Crippen molar-refractivity contribution in [2.45, 2.75) is 17.4 Å². The summed E-state index contributed by atoms with van der Waals surface area (Å²) in [6, 6.07) is 11.0. The van der Waals surface area contributed by atoms with Crippen LogP contribution in [0.2, 0.25) is 0 Å². The molecular weight excluding hydrogens is 376 g/mol. The molecule has 21 heavy (non-hydrogen) atoms. The third kappa shape index (κ3) is 3.76. The number of halogens is 2. The lowest BCUT2D eigenvalue weighted by Gasteiger charge is -2.12. The Balaban J connectivity index is 0.00000161. The van der Waals surface area contributed by atoms with Crippen molar-refractivity contribution in [2.75, 3.05) is 13.1 Å². The van der Waals surface area contributed by atoms with E-state index >= 15 is 0 Å². The molecule has 2 aromatic carbocycles. The van der Waals surface area contributed by atoms with Gasteiger partial charge in [-0.25, -0.2) is 13.1 Å². The van der Waals surface area contributed by atoms with Crippen molar-refractivity contribution < 1.29 is 8.42 Å². The van der Waals surface area contributed by atoms with Gasteiger partial charge in [0.15, 0.2) is 0 Å². The number of benzene rings is 2. The Morgan fingerprint density at radius 2 is 1.86 bits per heavy atom. The lowest BCUT2D eigenvalue weighted by atomic mass is 10.1. The summed E-state index contributed by atoms with van der Waals surface area (Å²) in [5.74, 6) is 0. The molecule has 1 aliphatic heterocycles. The summed E-state index contributed by atoms with van der Waals surface area (Å²) in [6.07, 6.45) is 0.833. The highest BCUT2D eigenvalue weighted by molar-refractivity contribution is 9.10. The van der Waals surface area contributed by atoms with Crippen LogP contribution in [0.15, 0.2) is 45.8 Å². The fraction of sp³-hybridized carbons (Fsp3) is 0.286. The number of nitrogens with one attached hydrogen (secondary N) is 2. The minimum atomic E-state index is -3.45. The number of hydrogen-bond acceptors (Lipinski definition) is 3. The van der Waals surface area contributed by atoms with E-state index < -0.39 is 10.0 Å². The largest absolute Gasteiger partial charge is 0.315 e. The van der Waals surface area contributed by atoms with Crippen LogP contribution in [0.1, 0.15) is 6.42 Å². The topological polar surface area (TPSA) is 58.2 Å². The molecule has 2 aromatic rings. The molecular formula is C14H16BrClN2O2S. The van der Waals surface area contributed by atoms with Gasteiger partial charge in [-0.15, -0.1) is 12.4 Å². The van der Waals surface area contributed by atoms with E-state index in [-0.39, 0.29) is 18.4 Å². The summed E-state index contributed by atoms with van der Waals surface area (Å²) in [4.78, 5) is 0.319. The molecule has 4 nitrogen and oxygen atoms in total. The number of rotatable bonds is 3. The van der Waals surface area contributed by atoms with Crippen LogP contribution in [0.5, 0.6) is 0 Å². The van der Waals surface area contributed by atoms with Crippen LogP contribution in [-0.2, 0) is 10.0 Å². The maximum Gasteiger partial charge on any atom is 0.240 e. The van der Waals surface area contributed by atoms with E-state index in [0.717, 1.165) is 28.2 Å². The third-order valence-electron chi connectivity index (χ3n) is 3.47. The molecule has 2 N–H and O–H groups in total. The lowest BCUT2D eigenvalue weighted by molar-refractivity contribution is 0.560. The van der Waals surface area contributed by atoms with Gasteiger partial charge in [0.2, 0.25) is 10.0 Å². The number of fused-ring (bicyclic) bond motifs is 1. The van der Waals surface area contributed by atoms with Gasteiger partial charge in [-0.2, -0.15) is 0 Å². The Morgan fingerprint density at radius 3 is 2.57 bits per heavy atom. The van der Waals surface area contributed by atoms with Gasteiger partial charge in [-0.1, -0.05) is 28.1 Å². The first kappa shape index (κ1) is 16.7. The van der Waals surface area contributed by atoms with Gasteiger partial charge in [0.05, 0.1) is 4.90 Å². The summed E-state index contributed by atoms with van der Waals surface area (Å²) in [5, 5.41) is 5.08. The lowest BCUT2D eigenvalue weighted by Crippen LogP contribution is -2.36. The first-order valence-corrected chi connectivity index (χ1v) is 8.75. The maximum absolute atomic E-state index is 12.4. The van der Waals surface area contributed by atoms with E-state index in [9.17, 15) is 8.42 Å². The van der Waals surface area contributed by atoms with Gasteiger partial charge in [-0.05, 0) is 48.0 Å². The van der Waals surface area contributed by atoms with E-state index in [0.29, 0.717) is 11.4 Å². The predicted molar refractivity (Wildman–Crippen MR) is 90.5 cm³/mol. The highest BCUT2D eigenvalue weighted by Gasteiger charge is 2.22. The molecule has 0 aliphatic carbocycles. The van der Waals surface area contributed by atoms with E-state index in [4.69, 9.17) is 0 Å². The average molecular weight is 392 g/mol. The van der Waals surface area contributed by atoms with Gasteiger partial charge < -0.3 is 5.32 Å². The molecule has 1 saturated heterocycles. The summed E-state index contributed by atoms with van der Waals surface area (Å²) in [6.45, 7) is 1.55. The van der Waals surface area contributed by atoms with Crippen molar-refractivity contribution in [3.63, 3.8) is 0 Å². The Bertz CT molecular complexity index is 746. The van der Waals surface area contributed by atoms with E-state index in [1.54, 1.807) is 12.1 Å². The van der Waals surface area contributed by atoms with Crippen molar-refractivity contribution in [2.24, 2.45) is 0 Å². The molecule has 1 atom stereocenters. The first-order valence-electron chi connectivity index (χ1n) is 6.47. The second-order valence-corrected chi connectivity index (χ2v) is 7.59. The van der Waals surface area contributed by atoms with Crippen molar-refractivity contribution in [3.8, 4) is 0 Å². The fourth-order valence-electron chi connectivity index (χ4n) is 2.40. The Hall–Kier alpha value is -0.660. The smallest absolute Gasteiger partial charge is 0.240 e. The zero-order chi connectivity index (χ0) is 14.2. The molecule has 0 bridgehead atoms. The van der Waals surface area contributed by atoms with Gasteiger partial charge in [0.25, 0.3) is 0 Å². The predicted octanol–water partition coefficient (Wildman–Crippen LogP) is 2.66. The number of hydrogen-bond donors (Lipinski definition) is 2. The molecule has 0 saturated carbocycles. The quantitative estimate of drug-likeness (QED) is 0.846. The zero-order valence-electron chi connectivity index (χ0n) is 11.2. The molecule has 1 aliphatic rings. The molecule has 7 heteroatoms. The molecule has 114 valence electrons. The summed E-state index contributed by atoms with van der Waals surface area (Å²) < 4.78 is 28.4. The average Bonchev–Trinajstić information content (AvgIpc) is 2.90. The minimum absolute atomic E-state index is 0. The molecule has 3 rings (SSSR count). The van der Waals surface area contributed by atoms with Gasteiger partial charge in [-0.3, -0.25) is 0 Å². The monoisotopic (exact) mass is 390 g/mol. The normalized spacial score (nSPS) is 18.6. The molecule has 0 spiro atoms. The summed E-state index contributed by atoms with van der Waals surface area (Å²) in [7, 11) is -3.45. The summed E-state index contributed by atoms with van der Waals surface area (Å²) in [5.41, 5.74) is 0. The van der Waals surface area contributed by atoms with E-state index in [1.165, 1.54) is 0 Å². The van der Waals surface area contributed by atoms with Crippen LogP contribution in [0.25, 0.3) is 10.8 Å². The van der Waals surface area contributed by atoms with Gasteiger partial charge >= 0.3 is 0 Å². The van der Waals surface area contributed by atoms with Gasteiger partial charge in [0.1, 0.15) is 0 Å². The Labute approximate surface area is 138 Å². The SMILES string of the molecule is Cl.O=S(=O)(NC1CCNC1)c1ccc2cc(Br)ccc2c1. The fourth-order valence-corrected chi connectivity index (χ4v) is 4.09. The van der Waals surface area contributed by atoms with Crippen LogP contribution in [-0.4, -0.2) is 27.5 Å². The van der Waals surface area contributed by atoms with Crippen molar-refractivity contribution in [1.82, 2.24) is 10.0 Å². The van der Waals surface area contributed by atoms with Crippen LogP contribution < -0.4 is 10.0 Å². The molecule has 1 fully saturated rings. The highest BCUT2D eigenvalue weighted by atomic mass is 79.9. The molecule has 1 unspecified atom stereocenters. The van der Waals surface area contributed by atoms with Crippen LogP contribution in [0.4, 0.5) is 0 Å². The van der Waals surface area contributed by atoms with E-state index in [2.05, 4.69) is 26.0 Å². The van der Waals surface area contributed by atoms with Crippen LogP contribution in [0, 0.1) is 0 Å². The van der Waals surface area contributed by atoms with Crippen molar-refractivity contribution >= 4 is 49.1 Å². The second kappa shape index (κ2) is 6.62. The van der Waals surface area contributed by atoms with Crippen molar-refractivity contribution in [1.29, 1.82) is 0 Å². The second-order valence-electron chi connectivity index (χ2n) is 4.96. The van der Waals surface area contributed by atoms with Crippen molar-refractivity contribution in [3.05, 3.63) is 40.9 Å². The Morgan fingerprint density at radius 1 is 1.14 bits per heavy atom. The third-order valence-corrected chi connectivity index (χ3v) is 5.48. The maximum atomic E-state index is 12.4. The highest BCUT2D eigenvalue weighted by Crippen LogP contribution is 2.23.